The van der Waals surface area contributed by atoms with Crippen LogP contribution in [0.15, 0.2) is 23.8 Å². The largest absolute Gasteiger partial charge is 0.300 e. The van der Waals surface area contributed by atoms with Crippen molar-refractivity contribution >= 4 is 5.78 Å². The van der Waals surface area contributed by atoms with Crippen molar-refractivity contribution in [2.45, 2.75) is 65.7 Å². The van der Waals surface area contributed by atoms with Gasteiger partial charge in [0.1, 0.15) is 5.78 Å². The molecule has 0 heterocycles. The Bertz CT molecular complexity index is 556. The second kappa shape index (κ2) is 4.82. The van der Waals surface area contributed by atoms with Crippen molar-refractivity contribution in [2.24, 2.45) is 34.5 Å². The summed E-state index contributed by atoms with van der Waals surface area (Å²) in [6, 6.07) is 0. The highest BCUT2D eigenvalue weighted by molar-refractivity contribution is 5.79. The van der Waals surface area contributed by atoms with Gasteiger partial charge in [-0.15, -0.1) is 0 Å². The Hall–Kier alpha value is -0.850. The van der Waals surface area contributed by atoms with Crippen LogP contribution in [0.4, 0.5) is 0 Å². The molecule has 0 aromatic carbocycles. The van der Waals surface area contributed by atoms with E-state index in [1.165, 1.54) is 38.5 Å². The lowest BCUT2D eigenvalue weighted by molar-refractivity contribution is -0.127. The number of carbonyl (C=O) groups excluding carboxylic acids is 1. The maximum Gasteiger partial charge on any atom is 0.133 e. The molecule has 4 aliphatic carbocycles. The van der Waals surface area contributed by atoms with Crippen molar-refractivity contribution in [1.29, 1.82) is 0 Å². The van der Waals surface area contributed by atoms with Gasteiger partial charge in [-0.25, -0.2) is 0 Å². The molecule has 0 spiro atoms. The first-order chi connectivity index (χ1) is 10.5. The Morgan fingerprint density at radius 1 is 1.14 bits per heavy atom. The number of hydrogen-bond donors (Lipinski definition) is 0. The topological polar surface area (TPSA) is 17.1 Å². The molecule has 0 aromatic heterocycles. The van der Waals surface area contributed by atoms with Crippen LogP contribution in [0.25, 0.3) is 0 Å². The number of Topliss-reactive ketones (excluding diaryl/α,β-unsaturated/α-hetero) is 1. The molecule has 1 nitrogen and oxygen atoms in total. The van der Waals surface area contributed by atoms with Crippen LogP contribution < -0.4 is 0 Å². The average molecular weight is 298 g/mol. The Kier molecular flexibility index (Phi) is 3.23. The first kappa shape index (κ1) is 14.7. The van der Waals surface area contributed by atoms with Gasteiger partial charge in [0.2, 0.25) is 0 Å². The molecule has 0 aliphatic heterocycles. The molecular weight excluding hydrogens is 268 g/mol. The number of hydrogen-bond acceptors (Lipinski definition) is 1. The molecule has 0 saturated heterocycles. The summed E-state index contributed by atoms with van der Waals surface area (Å²) in [7, 11) is 0. The smallest absolute Gasteiger partial charge is 0.133 e. The predicted octanol–water partition coefficient (Wildman–Crippen LogP) is 5.32. The van der Waals surface area contributed by atoms with Gasteiger partial charge in [-0.3, -0.25) is 4.79 Å². The highest BCUT2D eigenvalue weighted by Gasteiger charge is 2.58. The zero-order chi connectivity index (χ0) is 15.5. The number of fused-ring (bicyclic) bond motifs is 5. The molecule has 2 saturated carbocycles. The molecular formula is C21H30O. The van der Waals surface area contributed by atoms with E-state index in [0.717, 1.165) is 24.2 Å². The summed E-state index contributed by atoms with van der Waals surface area (Å²) < 4.78 is 0. The van der Waals surface area contributed by atoms with Gasteiger partial charge in [-0.05, 0) is 86.0 Å². The first-order valence-electron chi connectivity index (χ1n) is 9.34. The summed E-state index contributed by atoms with van der Waals surface area (Å²) in [4.78, 5) is 12.1. The first-order valence-corrected chi connectivity index (χ1v) is 9.34. The summed E-state index contributed by atoms with van der Waals surface area (Å²) in [5, 5.41) is 0. The minimum Gasteiger partial charge on any atom is -0.300 e. The minimum absolute atomic E-state index is 0.291. The molecule has 120 valence electrons. The molecule has 1 heteroatoms. The molecule has 6 atom stereocenters. The Balaban J connectivity index is 1.70. The van der Waals surface area contributed by atoms with Gasteiger partial charge in [0.25, 0.3) is 0 Å². The molecule has 2 fully saturated rings. The molecule has 0 unspecified atom stereocenters. The lowest BCUT2D eigenvalue weighted by Gasteiger charge is -2.56. The quantitative estimate of drug-likeness (QED) is 0.640. The monoisotopic (exact) mass is 298 g/mol. The molecule has 22 heavy (non-hydrogen) atoms. The van der Waals surface area contributed by atoms with E-state index in [0.29, 0.717) is 22.5 Å². The maximum absolute atomic E-state index is 12.1. The van der Waals surface area contributed by atoms with Crippen molar-refractivity contribution in [1.82, 2.24) is 0 Å². The van der Waals surface area contributed by atoms with Crippen molar-refractivity contribution in [3.63, 3.8) is 0 Å². The molecule has 0 aromatic rings. The van der Waals surface area contributed by atoms with E-state index in [1.54, 1.807) is 5.57 Å². The van der Waals surface area contributed by atoms with Crippen LogP contribution in [-0.4, -0.2) is 5.78 Å². The summed E-state index contributed by atoms with van der Waals surface area (Å²) >= 11 is 0. The third-order valence-corrected chi connectivity index (χ3v) is 8.14. The Morgan fingerprint density at radius 3 is 2.73 bits per heavy atom. The van der Waals surface area contributed by atoms with E-state index in [9.17, 15) is 4.79 Å². The Labute approximate surface area is 135 Å². The van der Waals surface area contributed by atoms with Crippen LogP contribution in [0.2, 0.25) is 0 Å². The second-order valence-electron chi connectivity index (χ2n) is 8.92. The molecule has 4 aliphatic rings. The Morgan fingerprint density at radius 2 is 1.95 bits per heavy atom. The number of rotatable bonds is 1. The van der Waals surface area contributed by atoms with Gasteiger partial charge in [0.05, 0.1) is 0 Å². The fourth-order valence-electron chi connectivity index (χ4n) is 6.97. The highest BCUT2D eigenvalue weighted by Crippen LogP contribution is 2.65. The van der Waals surface area contributed by atoms with Gasteiger partial charge in [0, 0.05) is 5.92 Å². The summed E-state index contributed by atoms with van der Waals surface area (Å²) in [5.74, 6) is 3.23. The van der Waals surface area contributed by atoms with E-state index in [1.807, 2.05) is 6.92 Å². The number of allylic oxidation sites excluding steroid dienone is 4. The van der Waals surface area contributed by atoms with E-state index in [2.05, 4.69) is 32.1 Å². The standard InChI is InChI=1S/C21H30O/c1-14(22)17-9-10-18-16-8-7-15-6-4-5-12-20(15,2)19(16)11-13-21(17,18)3/h4,6-7,16-19H,5,8-13H2,1-3H3/t16-,17+,18-,19-,20+,21+/m0/s1. The average Bonchev–Trinajstić information content (AvgIpc) is 2.84. The molecule has 4 rings (SSSR count). The summed E-state index contributed by atoms with van der Waals surface area (Å²) in [6.45, 7) is 6.80. The van der Waals surface area contributed by atoms with Crippen LogP contribution in [-0.2, 0) is 4.79 Å². The van der Waals surface area contributed by atoms with Crippen LogP contribution in [0.5, 0.6) is 0 Å². The van der Waals surface area contributed by atoms with Crippen molar-refractivity contribution in [2.75, 3.05) is 0 Å². The van der Waals surface area contributed by atoms with Gasteiger partial charge in [-0.1, -0.05) is 32.1 Å². The van der Waals surface area contributed by atoms with Crippen LogP contribution >= 0.6 is 0 Å². The fourth-order valence-corrected chi connectivity index (χ4v) is 6.97. The number of ketones is 1. The highest BCUT2D eigenvalue weighted by atomic mass is 16.1. The molecule has 0 bridgehead atoms. The summed E-state index contributed by atoms with van der Waals surface area (Å²) in [5.41, 5.74) is 2.32. The van der Waals surface area contributed by atoms with Gasteiger partial charge in [-0.2, -0.15) is 0 Å². The fraction of sp³-hybridized carbons (Fsp3) is 0.762. The second-order valence-corrected chi connectivity index (χ2v) is 8.92. The normalized spacial score (nSPS) is 49.9. The van der Waals surface area contributed by atoms with Crippen molar-refractivity contribution < 1.29 is 4.79 Å². The van der Waals surface area contributed by atoms with Gasteiger partial charge in [0.15, 0.2) is 0 Å². The summed E-state index contributed by atoms with van der Waals surface area (Å²) in [6.07, 6.45) is 16.2. The zero-order valence-electron chi connectivity index (χ0n) is 14.4. The molecule has 0 amide bonds. The van der Waals surface area contributed by atoms with Crippen molar-refractivity contribution in [3.8, 4) is 0 Å². The SMILES string of the molecule is CC(=O)[C@H]1CC[C@H]2[C@@H]3CC=C4C=CCC[C@@]4(C)[C@H]3CC[C@]12C. The van der Waals surface area contributed by atoms with E-state index >= 15 is 0 Å². The van der Waals surface area contributed by atoms with Crippen LogP contribution in [0.1, 0.15) is 65.7 Å². The third-order valence-electron chi connectivity index (χ3n) is 8.14. The number of carbonyl (C=O) groups is 1. The third kappa shape index (κ3) is 1.80. The zero-order valence-corrected chi connectivity index (χ0v) is 14.4. The molecule has 0 radical (unpaired) electrons. The maximum atomic E-state index is 12.1. The van der Waals surface area contributed by atoms with E-state index in [-0.39, 0.29) is 0 Å². The lowest BCUT2D eigenvalue weighted by Crippen LogP contribution is -2.49. The van der Waals surface area contributed by atoms with Gasteiger partial charge >= 0.3 is 0 Å². The van der Waals surface area contributed by atoms with Crippen molar-refractivity contribution in [3.05, 3.63) is 23.8 Å². The minimum atomic E-state index is 0.291. The predicted molar refractivity (Wildman–Crippen MR) is 90.4 cm³/mol. The van der Waals surface area contributed by atoms with Crippen LogP contribution in [0.3, 0.4) is 0 Å². The van der Waals surface area contributed by atoms with Gasteiger partial charge < -0.3 is 0 Å². The van der Waals surface area contributed by atoms with E-state index < -0.39 is 0 Å². The lowest BCUT2D eigenvalue weighted by atomic mass is 9.48. The van der Waals surface area contributed by atoms with E-state index in [4.69, 9.17) is 0 Å². The van der Waals surface area contributed by atoms with Crippen LogP contribution in [0, 0.1) is 34.5 Å². The molecule has 0 N–H and O–H groups in total.